The van der Waals surface area contributed by atoms with Crippen molar-refractivity contribution in [3.8, 4) is 11.1 Å². The Labute approximate surface area is 274 Å². The first-order valence-electron chi connectivity index (χ1n) is 16.2. The maximum atomic E-state index is 3.51. The van der Waals surface area contributed by atoms with Crippen LogP contribution in [-0.4, -0.2) is 0 Å². The van der Waals surface area contributed by atoms with E-state index in [4.69, 9.17) is 0 Å². The lowest BCUT2D eigenvalue weighted by molar-refractivity contribution is 1.05. The minimum atomic E-state index is 1.09. The van der Waals surface area contributed by atoms with Gasteiger partial charge >= 0.3 is 0 Å². The third-order valence-corrected chi connectivity index (χ3v) is 8.72. The quantitative estimate of drug-likeness (QED) is 0.167. The highest BCUT2D eigenvalue weighted by Gasteiger charge is 2.09. The van der Waals surface area contributed by atoms with E-state index < -0.39 is 0 Å². The molecule has 0 atom stereocenters. The van der Waals surface area contributed by atoms with Crippen LogP contribution in [0.4, 0.5) is 5.69 Å². The van der Waals surface area contributed by atoms with Crippen LogP contribution in [0.15, 0.2) is 163 Å². The Hall–Kier alpha value is -5.40. The molecule has 0 unspecified atom stereocenters. The first kappa shape index (κ1) is 30.6. The summed E-state index contributed by atoms with van der Waals surface area (Å²) in [6.07, 6.45) is 21.8. The van der Waals surface area contributed by atoms with Crippen molar-refractivity contribution in [2.24, 2.45) is 0 Å². The lowest BCUT2D eigenvalue weighted by Crippen LogP contribution is -1.95. The summed E-state index contributed by atoms with van der Waals surface area (Å²) in [5.74, 6) is 0. The molecule has 0 heterocycles. The zero-order valence-corrected chi connectivity index (χ0v) is 27.0. The van der Waals surface area contributed by atoms with Crippen LogP contribution < -0.4 is 5.32 Å². The molecule has 0 aliphatic heterocycles. The molecule has 5 aromatic rings. The summed E-state index contributed by atoms with van der Waals surface area (Å²) < 4.78 is 0. The van der Waals surface area contributed by atoms with Crippen molar-refractivity contribution in [3.63, 3.8) is 0 Å². The van der Waals surface area contributed by atoms with Crippen molar-refractivity contribution < 1.29 is 0 Å². The van der Waals surface area contributed by atoms with Gasteiger partial charge in [0.05, 0.1) is 0 Å². The Kier molecular flexibility index (Phi) is 9.71. The first-order chi connectivity index (χ1) is 22.6. The standard InChI is InChI=1S/C45H41N/c1-4-41(42-20-10-8-14-33(42)2)38(19-13-31-46-40-30-23-34(3)45(32-40)37-15-6-5-7-16-37)27-24-35-25-28-39(29-26-35)44-22-12-18-36-17-9-11-21-43(36)44/h4-6,8-15,17-32,46H,7,16H2,1-3H3/b27-24-,31-13+,38-19+,41-4-. The minimum absolute atomic E-state index is 1.09. The molecule has 0 saturated carbocycles. The summed E-state index contributed by atoms with van der Waals surface area (Å²) >= 11 is 0. The normalized spacial score (nSPS) is 13.9. The van der Waals surface area contributed by atoms with Crippen molar-refractivity contribution in [1.29, 1.82) is 0 Å². The average Bonchev–Trinajstić information content (AvgIpc) is 3.10. The monoisotopic (exact) mass is 595 g/mol. The Morgan fingerprint density at radius 2 is 1.57 bits per heavy atom. The van der Waals surface area contributed by atoms with Crippen LogP contribution in [0.5, 0.6) is 0 Å². The number of hydrogen-bond donors (Lipinski definition) is 1. The molecule has 0 radical (unpaired) electrons. The second-order valence-electron chi connectivity index (χ2n) is 11.8. The second-order valence-corrected chi connectivity index (χ2v) is 11.8. The number of fused-ring (bicyclic) bond motifs is 1. The summed E-state index contributed by atoms with van der Waals surface area (Å²) in [6.45, 7) is 6.49. The Bertz CT molecular complexity index is 2020. The van der Waals surface area contributed by atoms with Gasteiger partial charge in [0.25, 0.3) is 0 Å². The van der Waals surface area contributed by atoms with Crippen molar-refractivity contribution in [2.75, 3.05) is 5.32 Å². The highest BCUT2D eigenvalue weighted by Crippen LogP contribution is 2.31. The van der Waals surface area contributed by atoms with Gasteiger partial charge in [0, 0.05) is 11.9 Å². The smallest absolute Gasteiger partial charge is 0.0386 e. The average molecular weight is 596 g/mol. The molecular formula is C45H41N. The molecule has 226 valence electrons. The van der Waals surface area contributed by atoms with Gasteiger partial charge in [-0.25, -0.2) is 0 Å². The van der Waals surface area contributed by atoms with Gasteiger partial charge in [-0.15, -0.1) is 0 Å². The van der Waals surface area contributed by atoms with Gasteiger partial charge in [-0.05, 0) is 118 Å². The Morgan fingerprint density at radius 3 is 2.37 bits per heavy atom. The van der Waals surface area contributed by atoms with Crippen LogP contribution in [0.1, 0.15) is 47.6 Å². The SMILES string of the molecule is C/C=C(C(/C=C\c1ccc(-c2cccc3ccccc23)cc1)=C/C=C/Nc1ccc(C)c(C2=CC=CCC2)c1)\c1ccccc1C. The topological polar surface area (TPSA) is 12.0 Å². The minimum Gasteiger partial charge on any atom is -0.362 e. The fourth-order valence-corrected chi connectivity index (χ4v) is 6.21. The van der Waals surface area contributed by atoms with Crippen molar-refractivity contribution in [1.82, 2.24) is 0 Å². The Morgan fingerprint density at radius 1 is 0.761 bits per heavy atom. The molecule has 6 rings (SSSR count). The molecule has 1 N–H and O–H groups in total. The van der Waals surface area contributed by atoms with E-state index in [0.717, 1.165) is 29.7 Å². The van der Waals surface area contributed by atoms with Gasteiger partial charge in [-0.2, -0.15) is 0 Å². The molecule has 0 bridgehead atoms. The number of allylic oxidation sites excluding steroid dienone is 10. The number of rotatable bonds is 9. The molecule has 0 amide bonds. The van der Waals surface area contributed by atoms with Gasteiger partial charge in [0.15, 0.2) is 0 Å². The van der Waals surface area contributed by atoms with E-state index in [1.54, 1.807) is 0 Å². The van der Waals surface area contributed by atoms with Crippen LogP contribution >= 0.6 is 0 Å². The summed E-state index contributed by atoms with van der Waals surface area (Å²) in [4.78, 5) is 0. The van der Waals surface area contributed by atoms with Gasteiger partial charge < -0.3 is 5.32 Å². The largest absolute Gasteiger partial charge is 0.362 e. The number of aryl methyl sites for hydroxylation is 2. The van der Waals surface area contributed by atoms with E-state index in [0.29, 0.717) is 0 Å². The fourth-order valence-electron chi connectivity index (χ4n) is 6.21. The summed E-state index contributed by atoms with van der Waals surface area (Å²) in [5, 5.41) is 6.05. The summed E-state index contributed by atoms with van der Waals surface area (Å²) in [7, 11) is 0. The summed E-state index contributed by atoms with van der Waals surface area (Å²) in [6, 6.07) is 39.2. The lowest BCUT2D eigenvalue weighted by Gasteiger charge is -2.14. The van der Waals surface area contributed by atoms with E-state index in [2.05, 4.69) is 184 Å². The van der Waals surface area contributed by atoms with Gasteiger partial charge in [0.1, 0.15) is 0 Å². The third-order valence-electron chi connectivity index (χ3n) is 8.72. The predicted molar refractivity (Wildman–Crippen MR) is 202 cm³/mol. The van der Waals surface area contributed by atoms with Crippen LogP contribution in [0.3, 0.4) is 0 Å². The van der Waals surface area contributed by atoms with E-state index in [1.165, 1.54) is 55.3 Å². The maximum absolute atomic E-state index is 3.51. The molecule has 0 saturated heterocycles. The molecule has 1 aliphatic rings. The molecule has 0 aromatic heterocycles. The van der Waals surface area contributed by atoms with Crippen molar-refractivity contribution in [3.05, 3.63) is 191 Å². The highest BCUT2D eigenvalue weighted by atomic mass is 14.8. The maximum Gasteiger partial charge on any atom is 0.0386 e. The molecule has 0 fully saturated rings. The number of hydrogen-bond acceptors (Lipinski definition) is 1. The molecular weight excluding hydrogens is 555 g/mol. The van der Waals surface area contributed by atoms with E-state index in [9.17, 15) is 0 Å². The van der Waals surface area contributed by atoms with Crippen LogP contribution in [0.25, 0.3) is 39.1 Å². The molecule has 5 aromatic carbocycles. The predicted octanol–water partition coefficient (Wildman–Crippen LogP) is 12.5. The number of benzene rings is 5. The second kappa shape index (κ2) is 14.6. The molecule has 1 aliphatic carbocycles. The lowest BCUT2D eigenvalue weighted by atomic mass is 9.93. The molecule has 1 heteroatoms. The van der Waals surface area contributed by atoms with Crippen LogP contribution in [-0.2, 0) is 0 Å². The van der Waals surface area contributed by atoms with Gasteiger partial charge in [0.2, 0.25) is 0 Å². The van der Waals surface area contributed by atoms with E-state index in [1.807, 2.05) is 6.20 Å². The highest BCUT2D eigenvalue weighted by molar-refractivity contribution is 5.96. The van der Waals surface area contributed by atoms with Crippen molar-refractivity contribution >= 4 is 33.7 Å². The zero-order chi connectivity index (χ0) is 31.7. The zero-order valence-electron chi connectivity index (χ0n) is 27.0. The third kappa shape index (κ3) is 7.11. The van der Waals surface area contributed by atoms with E-state index >= 15 is 0 Å². The van der Waals surface area contributed by atoms with Crippen LogP contribution in [0.2, 0.25) is 0 Å². The van der Waals surface area contributed by atoms with Gasteiger partial charge in [-0.1, -0.05) is 140 Å². The van der Waals surface area contributed by atoms with Gasteiger partial charge in [-0.3, -0.25) is 0 Å². The van der Waals surface area contributed by atoms with Crippen molar-refractivity contribution in [2.45, 2.75) is 33.6 Å². The molecule has 1 nitrogen and oxygen atoms in total. The number of anilines is 1. The van der Waals surface area contributed by atoms with E-state index in [-0.39, 0.29) is 0 Å². The molecule has 0 spiro atoms. The Balaban J connectivity index is 1.26. The fraction of sp³-hybridized carbons (Fsp3) is 0.111. The summed E-state index contributed by atoms with van der Waals surface area (Å²) in [5.41, 5.74) is 13.6. The number of nitrogens with one attached hydrogen (secondary N) is 1. The first-order valence-corrected chi connectivity index (χ1v) is 16.2. The van der Waals surface area contributed by atoms with Crippen LogP contribution in [0, 0.1) is 13.8 Å². The molecule has 46 heavy (non-hydrogen) atoms.